The molecule has 0 radical (unpaired) electrons. The molecule has 0 saturated heterocycles. The summed E-state index contributed by atoms with van der Waals surface area (Å²) < 4.78 is 0. The van der Waals surface area contributed by atoms with E-state index in [0.29, 0.717) is 30.4 Å². The van der Waals surface area contributed by atoms with Crippen LogP contribution in [0.15, 0.2) is 59.5 Å². The zero-order valence-corrected chi connectivity index (χ0v) is 19.6. The summed E-state index contributed by atoms with van der Waals surface area (Å²) in [5.74, 6) is 5.48. The molecule has 1 aliphatic rings. The Balaban J connectivity index is 1.68. The van der Waals surface area contributed by atoms with Gasteiger partial charge in [0.1, 0.15) is 11.6 Å². The Morgan fingerprint density at radius 1 is 1.35 bits per heavy atom. The molecule has 4 N–H and O–H groups in total. The van der Waals surface area contributed by atoms with Crippen molar-refractivity contribution in [2.45, 2.75) is 44.8 Å². The third kappa shape index (κ3) is 6.77. The third-order valence-corrected chi connectivity index (χ3v) is 5.31. The van der Waals surface area contributed by atoms with Crippen LogP contribution in [0.25, 0.3) is 0 Å². The van der Waals surface area contributed by atoms with Crippen molar-refractivity contribution >= 4 is 23.8 Å². The number of allylic oxidation sites excluding steroid dienone is 1. The molecule has 0 aliphatic carbocycles. The fraction of sp³-hybridized carbons (Fsp3) is 0.308. The smallest absolute Gasteiger partial charge is 0.341 e. The van der Waals surface area contributed by atoms with E-state index in [-0.39, 0.29) is 5.91 Å². The molecule has 2 aromatic rings. The number of aliphatic imine (C=N–C) groups is 1. The first-order chi connectivity index (χ1) is 16.2. The monoisotopic (exact) mass is 459 g/mol. The molecule has 0 saturated carbocycles. The Hall–Kier alpha value is -3.96. The van der Waals surface area contributed by atoms with Gasteiger partial charge in [0.2, 0.25) is 5.91 Å². The van der Waals surface area contributed by atoms with Gasteiger partial charge in [-0.1, -0.05) is 17.9 Å². The van der Waals surface area contributed by atoms with Gasteiger partial charge in [0.05, 0.1) is 0 Å². The van der Waals surface area contributed by atoms with Crippen LogP contribution in [0, 0.1) is 11.8 Å². The summed E-state index contributed by atoms with van der Waals surface area (Å²) >= 11 is 0. The number of carbonyl (C=O) groups excluding carboxylic acids is 2. The number of fused-ring (bicyclic) bond motifs is 1. The van der Waals surface area contributed by atoms with Gasteiger partial charge in [-0.05, 0) is 73.9 Å². The zero-order valence-electron chi connectivity index (χ0n) is 19.6. The van der Waals surface area contributed by atoms with Crippen molar-refractivity contribution in [2.75, 3.05) is 11.9 Å². The Kier molecular flexibility index (Phi) is 7.82. The first-order valence-corrected chi connectivity index (χ1v) is 11.0. The highest BCUT2D eigenvalue weighted by molar-refractivity contribution is 6.01. The van der Waals surface area contributed by atoms with Crippen LogP contribution in [0.1, 0.15) is 37.0 Å². The highest BCUT2D eigenvalue weighted by Crippen LogP contribution is 2.27. The summed E-state index contributed by atoms with van der Waals surface area (Å²) in [5.41, 5.74) is 8.63. The number of pyridine rings is 1. The van der Waals surface area contributed by atoms with E-state index in [1.165, 1.54) is 17.3 Å². The Labute approximate surface area is 199 Å². The van der Waals surface area contributed by atoms with Gasteiger partial charge in [0, 0.05) is 43.3 Å². The molecule has 2 heterocycles. The van der Waals surface area contributed by atoms with Crippen molar-refractivity contribution in [3.05, 3.63) is 71.2 Å². The van der Waals surface area contributed by atoms with Gasteiger partial charge in [-0.2, -0.15) is 0 Å². The standard InChI is InChI=1S/C26H29N5O3/c1-26(2,34)11-8-18-4-5-21-6-7-22(24(32)31(3)23(21)15-18)30-25(33)29-17-20(16-27)14-19-9-12-28-13-10-19/h4-5,9-10,12-13,15-17,22,34H,6-7,14,27H2,1-3H3,(H,30,33)/t22-/m1/s1. The second kappa shape index (κ2) is 10.8. The molecule has 0 spiro atoms. The van der Waals surface area contributed by atoms with Gasteiger partial charge in [0.15, 0.2) is 0 Å². The van der Waals surface area contributed by atoms with Crippen molar-refractivity contribution in [1.29, 1.82) is 0 Å². The van der Waals surface area contributed by atoms with Crippen molar-refractivity contribution < 1.29 is 14.7 Å². The Bertz CT molecular complexity index is 1170. The predicted molar refractivity (Wildman–Crippen MR) is 132 cm³/mol. The number of amides is 3. The van der Waals surface area contributed by atoms with Gasteiger partial charge in [-0.3, -0.25) is 9.78 Å². The van der Waals surface area contributed by atoms with Crippen LogP contribution in [-0.4, -0.2) is 46.9 Å². The highest BCUT2D eigenvalue weighted by Gasteiger charge is 2.29. The molecule has 1 aromatic carbocycles. The summed E-state index contributed by atoms with van der Waals surface area (Å²) in [5, 5.41) is 12.5. The lowest BCUT2D eigenvalue weighted by Crippen LogP contribution is -2.46. The van der Waals surface area contributed by atoms with E-state index >= 15 is 0 Å². The number of rotatable bonds is 4. The molecule has 8 nitrogen and oxygen atoms in total. The fourth-order valence-electron chi connectivity index (χ4n) is 3.51. The molecule has 1 aromatic heterocycles. The maximum atomic E-state index is 13.1. The molecule has 176 valence electrons. The molecular formula is C26H29N5O3. The number of nitrogens with two attached hydrogens (primary N) is 1. The summed E-state index contributed by atoms with van der Waals surface area (Å²) in [6, 6.07) is 8.01. The van der Waals surface area contributed by atoms with E-state index in [1.807, 2.05) is 30.3 Å². The first kappa shape index (κ1) is 24.7. The van der Waals surface area contributed by atoms with Gasteiger partial charge < -0.3 is 21.1 Å². The molecule has 1 aliphatic heterocycles. The van der Waals surface area contributed by atoms with E-state index in [0.717, 1.165) is 16.8 Å². The molecule has 0 bridgehead atoms. The number of nitrogens with one attached hydrogen (secondary N) is 1. The van der Waals surface area contributed by atoms with Crippen LogP contribution in [-0.2, 0) is 17.6 Å². The topological polar surface area (TPSA) is 121 Å². The first-order valence-electron chi connectivity index (χ1n) is 11.0. The quantitative estimate of drug-likeness (QED) is 0.479. The van der Waals surface area contributed by atoms with E-state index in [1.54, 1.807) is 33.3 Å². The number of carbonyl (C=O) groups is 2. The number of hydrogen-bond donors (Lipinski definition) is 3. The molecule has 34 heavy (non-hydrogen) atoms. The number of aryl methyl sites for hydroxylation is 1. The molecule has 3 amide bonds. The number of urea groups is 1. The van der Waals surface area contributed by atoms with Crippen LogP contribution in [0.3, 0.4) is 0 Å². The largest absolute Gasteiger partial charge is 0.404 e. The zero-order chi connectivity index (χ0) is 24.7. The second-order valence-corrected chi connectivity index (χ2v) is 8.62. The van der Waals surface area contributed by atoms with Crippen LogP contribution in [0.4, 0.5) is 10.5 Å². The number of anilines is 1. The van der Waals surface area contributed by atoms with Crippen LogP contribution < -0.4 is 16.0 Å². The normalized spacial score (nSPS) is 16.5. The lowest BCUT2D eigenvalue weighted by molar-refractivity contribution is -0.120. The molecule has 0 unspecified atom stereocenters. The highest BCUT2D eigenvalue weighted by atomic mass is 16.3. The summed E-state index contributed by atoms with van der Waals surface area (Å²) in [7, 11) is 1.67. The van der Waals surface area contributed by atoms with E-state index in [4.69, 9.17) is 5.73 Å². The SMILES string of the molecule is CN1C(=O)[C@H](NC(=O)N=CC(=CN)Cc2ccncc2)CCc2ccc(C#CC(C)(C)O)cc21. The van der Waals surface area contributed by atoms with E-state index in [9.17, 15) is 14.7 Å². The second-order valence-electron chi connectivity index (χ2n) is 8.62. The Morgan fingerprint density at radius 2 is 2.09 bits per heavy atom. The van der Waals surface area contributed by atoms with Gasteiger partial charge in [0.25, 0.3) is 0 Å². The summed E-state index contributed by atoms with van der Waals surface area (Å²) in [4.78, 5) is 34.9. The minimum Gasteiger partial charge on any atom is -0.404 e. The lowest BCUT2D eigenvalue weighted by Gasteiger charge is -2.21. The van der Waals surface area contributed by atoms with Gasteiger partial charge in [-0.15, -0.1) is 0 Å². The predicted octanol–water partition coefficient (Wildman–Crippen LogP) is 2.35. The fourth-order valence-corrected chi connectivity index (χ4v) is 3.51. The minimum atomic E-state index is -1.11. The van der Waals surface area contributed by atoms with Crippen LogP contribution in [0.5, 0.6) is 0 Å². The van der Waals surface area contributed by atoms with E-state index in [2.05, 4.69) is 27.1 Å². The molecule has 0 fully saturated rings. The van der Waals surface area contributed by atoms with Crippen molar-refractivity contribution in [3.63, 3.8) is 0 Å². The molecule has 8 heteroatoms. The summed E-state index contributed by atoms with van der Waals surface area (Å²) in [6.07, 6.45) is 7.73. The number of aromatic nitrogens is 1. The van der Waals surface area contributed by atoms with Crippen molar-refractivity contribution in [3.8, 4) is 11.8 Å². The van der Waals surface area contributed by atoms with Crippen molar-refractivity contribution in [1.82, 2.24) is 10.3 Å². The maximum Gasteiger partial charge on any atom is 0.341 e. The minimum absolute atomic E-state index is 0.235. The number of nitrogens with zero attached hydrogens (tertiary/aromatic N) is 3. The summed E-state index contributed by atoms with van der Waals surface area (Å²) in [6.45, 7) is 3.22. The van der Waals surface area contributed by atoms with Gasteiger partial charge >= 0.3 is 6.03 Å². The number of likely N-dealkylation sites (N-methyl/N-ethyl adjacent to an activating group) is 1. The van der Waals surface area contributed by atoms with Crippen LogP contribution in [0.2, 0.25) is 0 Å². The van der Waals surface area contributed by atoms with Gasteiger partial charge in [-0.25, -0.2) is 9.79 Å². The third-order valence-electron chi connectivity index (χ3n) is 5.31. The number of aliphatic hydroxyl groups is 1. The molecular weight excluding hydrogens is 430 g/mol. The lowest BCUT2D eigenvalue weighted by atomic mass is 10.0. The van der Waals surface area contributed by atoms with Crippen molar-refractivity contribution in [2.24, 2.45) is 10.7 Å². The molecule has 3 rings (SSSR count). The van der Waals surface area contributed by atoms with Crippen LogP contribution >= 0.6 is 0 Å². The number of benzene rings is 1. The maximum absolute atomic E-state index is 13.1. The average molecular weight is 460 g/mol. The average Bonchev–Trinajstić information content (AvgIpc) is 2.92. The van der Waals surface area contributed by atoms with E-state index < -0.39 is 17.7 Å². The Morgan fingerprint density at radius 3 is 2.76 bits per heavy atom. The molecule has 1 atom stereocenters. The number of hydrogen-bond acceptors (Lipinski definition) is 5.